The van der Waals surface area contributed by atoms with E-state index in [1.165, 1.54) is 12.8 Å². The minimum atomic E-state index is 0.104. The van der Waals surface area contributed by atoms with E-state index in [1.54, 1.807) is 12.1 Å². The van der Waals surface area contributed by atoms with Gasteiger partial charge in [-0.3, -0.25) is 4.79 Å². The van der Waals surface area contributed by atoms with Gasteiger partial charge in [-0.2, -0.15) is 0 Å². The van der Waals surface area contributed by atoms with Crippen molar-refractivity contribution in [3.63, 3.8) is 0 Å². The molecule has 2 aliphatic rings. The van der Waals surface area contributed by atoms with Crippen molar-refractivity contribution in [2.75, 3.05) is 13.1 Å². The molecule has 2 fully saturated rings. The van der Waals surface area contributed by atoms with Crippen molar-refractivity contribution in [2.24, 2.45) is 0 Å². The number of nitrogens with zero attached hydrogens (tertiary/aromatic N) is 1. The highest BCUT2D eigenvalue weighted by Gasteiger charge is 2.31. The van der Waals surface area contributed by atoms with Crippen molar-refractivity contribution in [1.29, 1.82) is 0 Å². The van der Waals surface area contributed by atoms with Crippen LogP contribution in [0, 0.1) is 0 Å². The SMILES string of the molecule is O=C(c1cccc(Cl)c1)N1CCC2CCC(C1)N2. The normalized spacial score (nSPS) is 27.1. The summed E-state index contributed by atoms with van der Waals surface area (Å²) in [4.78, 5) is 14.4. The molecule has 0 aromatic heterocycles. The van der Waals surface area contributed by atoms with E-state index in [4.69, 9.17) is 11.6 Å². The van der Waals surface area contributed by atoms with Gasteiger partial charge in [0.2, 0.25) is 0 Å². The standard InChI is InChI=1S/C14H17ClN2O/c15-11-3-1-2-10(8-11)14(18)17-7-6-12-4-5-13(9-17)16-12/h1-3,8,12-13,16H,4-7,9H2. The molecule has 1 N–H and O–H groups in total. The number of carbonyl (C=O) groups excluding carboxylic acids is 1. The Morgan fingerprint density at radius 2 is 2.11 bits per heavy atom. The molecule has 4 heteroatoms. The fourth-order valence-electron chi connectivity index (χ4n) is 2.93. The van der Waals surface area contributed by atoms with Crippen LogP contribution in [0.1, 0.15) is 29.6 Å². The lowest BCUT2D eigenvalue weighted by Crippen LogP contribution is -2.39. The molecule has 0 aliphatic carbocycles. The molecule has 1 amide bonds. The molecule has 2 atom stereocenters. The van der Waals surface area contributed by atoms with Crippen LogP contribution in [0.5, 0.6) is 0 Å². The Bertz CT molecular complexity index is 463. The molecule has 2 heterocycles. The summed E-state index contributed by atoms with van der Waals surface area (Å²) in [6.07, 6.45) is 3.50. The molecular formula is C14H17ClN2O. The summed E-state index contributed by atoms with van der Waals surface area (Å²) in [6.45, 7) is 1.67. The highest BCUT2D eigenvalue weighted by atomic mass is 35.5. The van der Waals surface area contributed by atoms with Gasteiger partial charge in [0, 0.05) is 35.8 Å². The second-order valence-corrected chi connectivity index (χ2v) is 5.62. The second-order valence-electron chi connectivity index (χ2n) is 5.19. The van der Waals surface area contributed by atoms with Gasteiger partial charge in [0.05, 0.1) is 0 Å². The Morgan fingerprint density at radius 1 is 1.28 bits per heavy atom. The Balaban J connectivity index is 1.76. The van der Waals surface area contributed by atoms with Crippen LogP contribution < -0.4 is 5.32 Å². The number of amides is 1. The minimum Gasteiger partial charge on any atom is -0.337 e. The van der Waals surface area contributed by atoms with Crippen LogP contribution in [0.3, 0.4) is 0 Å². The third-order valence-corrected chi connectivity index (χ3v) is 4.12. The lowest BCUT2D eigenvalue weighted by Gasteiger charge is -2.24. The quantitative estimate of drug-likeness (QED) is 0.844. The topological polar surface area (TPSA) is 32.3 Å². The van der Waals surface area contributed by atoms with Crippen molar-refractivity contribution < 1.29 is 4.79 Å². The van der Waals surface area contributed by atoms with Gasteiger partial charge >= 0.3 is 0 Å². The monoisotopic (exact) mass is 264 g/mol. The summed E-state index contributed by atoms with van der Waals surface area (Å²) in [5.74, 6) is 0.104. The zero-order valence-electron chi connectivity index (χ0n) is 10.2. The molecule has 2 aliphatic heterocycles. The Kier molecular flexibility index (Phi) is 3.27. The van der Waals surface area contributed by atoms with Crippen molar-refractivity contribution in [1.82, 2.24) is 10.2 Å². The predicted octanol–water partition coefficient (Wildman–Crippen LogP) is 2.31. The average Bonchev–Trinajstić information content (AvgIpc) is 2.68. The lowest BCUT2D eigenvalue weighted by molar-refractivity contribution is 0.0748. The van der Waals surface area contributed by atoms with E-state index in [9.17, 15) is 4.79 Å². The van der Waals surface area contributed by atoms with Crippen molar-refractivity contribution in [3.05, 3.63) is 34.9 Å². The van der Waals surface area contributed by atoms with Crippen LogP contribution in [0.2, 0.25) is 5.02 Å². The van der Waals surface area contributed by atoms with Gasteiger partial charge in [-0.15, -0.1) is 0 Å². The first-order valence-electron chi connectivity index (χ1n) is 6.53. The number of benzene rings is 1. The smallest absolute Gasteiger partial charge is 0.253 e. The van der Waals surface area contributed by atoms with Crippen molar-refractivity contribution in [3.8, 4) is 0 Å². The number of carbonyl (C=O) groups is 1. The van der Waals surface area contributed by atoms with E-state index >= 15 is 0 Å². The van der Waals surface area contributed by atoms with Gasteiger partial charge < -0.3 is 10.2 Å². The molecule has 0 radical (unpaired) electrons. The van der Waals surface area contributed by atoms with Crippen LogP contribution in [0.25, 0.3) is 0 Å². The van der Waals surface area contributed by atoms with Crippen LogP contribution in [-0.4, -0.2) is 36.0 Å². The lowest BCUT2D eigenvalue weighted by atomic mass is 10.1. The van der Waals surface area contributed by atoms with E-state index in [2.05, 4.69) is 5.32 Å². The Labute approximate surface area is 112 Å². The number of likely N-dealkylation sites (tertiary alicyclic amines) is 1. The summed E-state index contributed by atoms with van der Waals surface area (Å²) in [7, 11) is 0. The molecule has 2 unspecified atom stereocenters. The number of hydrogen-bond donors (Lipinski definition) is 1. The second kappa shape index (κ2) is 4.90. The van der Waals surface area contributed by atoms with E-state index in [1.807, 2.05) is 17.0 Å². The van der Waals surface area contributed by atoms with Gasteiger partial charge in [0.1, 0.15) is 0 Å². The summed E-state index contributed by atoms with van der Waals surface area (Å²) in [6, 6.07) is 8.29. The molecule has 1 aromatic carbocycles. The fraction of sp³-hybridized carbons (Fsp3) is 0.500. The van der Waals surface area contributed by atoms with E-state index in [0.29, 0.717) is 22.7 Å². The van der Waals surface area contributed by atoms with Crippen molar-refractivity contribution in [2.45, 2.75) is 31.3 Å². The van der Waals surface area contributed by atoms with Crippen LogP contribution in [-0.2, 0) is 0 Å². The average molecular weight is 265 g/mol. The van der Waals surface area contributed by atoms with Crippen LogP contribution in [0.15, 0.2) is 24.3 Å². The van der Waals surface area contributed by atoms with Crippen LogP contribution >= 0.6 is 11.6 Å². The molecule has 96 valence electrons. The first-order chi connectivity index (χ1) is 8.72. The van der Waals surface area contributed by atoms with Gasteiger partial charge in [0.15, 0.2) is 0 Å². The van der Waals surface area contributed by atoms with Gasteiger partial charge in [-0.25, -0.2) is 0 Å². The minimum absolute atomic E-state index is 0.104. The summed E-state index contributed by atoms with van der Waals surface area (Å²) >= 11 is 5.94. The largest absolute Gasteiger partial charge is 0.337 e. The zero-order chi connectivity index (χ0) is 12.5. The van der Waals surface area contributed by atoms with Gasteiger partial charge in [-0.05, 0) is 37.5 Å². The Hall–Kier alpha value is -1.06. The number of fused-ring (bicyclic) bond motifs is 2. The maximum absolute atomic E-state index is 12.4. The molecule has 1 aromatic rings. The highest BCUT2D eigenvalue weighted by Crippen LogP contribution is 2.22. The first-order valence-corrected chi connectivity index (χ1v) is 6.91. The summed E-state index contributed by atoms with van der Waals surface area (Å²) < 4.78 is 0. The van der Waals surface area contributed by atoms with Gasteiger partial charge in [-0.1, -0.05) is 17.7 Å². The number of halogens is 1. The zero-order valence-corrected chi connectivity index (χ0v) is 11.0. The maximum Gasteiger partial charge on any atom is 0.253 e. The predicted molar refractivity (Wildman–Crippen MR) is 71.9 cm³/mol. The number of nitrogens with one attached hydrogen (secondary N) is 1. The summed E-state index contributed by atoms with van der Waals surface area (Å²) in [5.41, 5.74) is 0.695. The fourth-order valence-corrected chi connectivity index (χ4v) is 3.12. The third-order valence-electron chi connectivity index (χ3n) is 3.88. The molecule has 3 nitrogen and oxygen atoms in total. The molecule has 3 rings (SSSR count). The molecule has 2 saturated heterocycles. The Morgan fingerprint density at radius 3 is 2.94 bits per heavy atom. The molecular weight excluding hydrogens is 248 g/mol. The van der Waals surface area contributed by atoms with E-state index in [-0.39, 0.29) is 5.91 Å². The van der Waals surface area contributed by atoms with Crippen LogP contribution in [0.4, 0.5) is 0 Å². The number of hydrogen-bond acceptors (Lipinski definition) is 2. The van der Waals surface area contributed by atoms with E-state index < -0.39 is 0 Å². The molecule has 0 saturated carbocycles. The summed E-state index contributed by atoms with van der Waals surface area (Å²) in [5, 5.41) is 4.20. The maximum atomic E-state index is 12.4. The van der Waals surface area contributed by atoms with Crippen molar-refractivity contribution >= 4 is 17.5 Å². The van der Waals surface area contributed by atoms with Gasteiger partial charge in [0.25, 0.3) is 5.91 Å². The molecule has 0 spiro atoms. The van der Waals surface area contributed by atoms with E-state index in [0.717, 1.165) is 19.5 Å². The molecule has 2 bridgehead atoms. The third kappa shape index (κ3) is 2.38. The number of rotatable bonds is 1. The highest BCUT2D eigenvalue weighted by molar-refractivity contribution is 6.30. The molecule has 18 heavy (non-hydrogen) atoms. The first kappa shape index (κ1) is 12.0.